The van der Waals surface area contributed by atoms with Crippen LogP contribution in [0.4, 0.5) is 11.4 Å². The zero-order valence-corrected chi connectivity index (χ0v) is 10.1. The van der Waals surface area contributed by atoms with Crippen LogP contribution in [0, 0.1) is 0 Å². The number of ether oxygens (including phenoxy) is 1. The average molecular weight is 247 g/mol. The maximum Gasteiger partial charge on any atom is 0.250 e. The van der Waals surface area contributed by atoms with Crippen LogP contribution < -0.4 is 16.8 Å². The van der Waals surface area contributed by atoms with Crippen molar-refractivity contribution in [3.63, 3.8) is 0 Å². The Morgan fingerprint density at radius 3 is 2.83 bits per heavy atom. The van der Waals surface area contributed by atoms with Gasteiger partial charge in [-0.2, -0.15) is 0 Å². The molecule has 1 aromatic carbocycles. The molecule has 3 unspecified atom stereocenters. The molecule has 2 saturated heterocycles. The van der Waals surface area contributed by atoms with Gasteiger partial charge in [0.25, 0.3) is 5.91 Å². The van der Waals surface area contributed by atoms with Crippen molar-refractivity contribution in [1.29, 1.82) is 0 Å². The Kier molecular flexibility index (Phi) is 2.63. The first-order valence-corrected chi connectivity index (χ1v) is 6.25. The molecule has 2 fully saturated rings. The predicted molar refractivity (Wildman–Crippen MR) is 69.3 cm³/mol. The molecule has 0 saturated carbocycles. The number of carbonyl (C=O) groups excluding carboxylic acids is 1. The zero-order chi connectivity index (χ0) is 12.7. The van der Waals surface area contributed by atoms with Crippen LogP contribution in [0.3, 0.4) is 0 Å². The molecule has 5 nitrogen and oxygen atoms in total. The Hall–Kier alpha value is -1.75. The van der Waals surface area contributed by atoms with E-state index in [2.05, 4.69) is 5.32 Å². The standard InChI is InChI=1S/C13H17N3O2/c14-9-3-1-2-8(13(15)17)12(9)16-10-6-7-4-5-11(10)18-7/h1-3,7,10-11,16H,4-6,14H2,(H2,15,17). The van der Waals surface area contributed by atoms with Crippen LogP contribution in [0.1, 0.15) is 29.6 Å². The molecule has 1 aromatic rings. The van der Waals surface area contributed by atoms with Crippen molar-refractivity contribution in [3.05, 3.63) is 23.8 Å². The number of rotatable bonds is 3. The van der Waals surface area contributed by atoms with Gasteiger partial charge in [-0.15, -0.1) is 0 Å². The molecule has 1 amide bonds. The minimum Gasteiger partial charge on any atom is -0.397 e. The largest absolute Gasteiger partial charge is 0.397 e. The number of hydrogen-bond donors (Lipinski definition) is 3. The summed E-state index contributed by atoms with van der Waals surface area (Å²) in [6.45, 7) is 0. The molecule has 3 rings (SSSR count). The van der Waals surface area contributed by atoms with Crippen LogP contribution in [-0.2, 0) is 4.74 Å². The van der Waals surface area contributed by atoms with Gasteiger partial charge in [0, 0.05) is 0 Å². The van der Waals surface area contributed by atoms with Crippen LogP contribution in [0.15, 0.2) is 18.2 Å². The van der Waals surface area contributed by atoms with Gasteiger partial charge in [-0.3, -0.25) is 4.79 Å². The van der Waals surface area contributed by atoms with E-state index < -0.39 is 5.91 Å². The number of nitrogen functional groups attached to an aromatic ring is 1. The summed E-state index contributed by atoms with van der Waals surface area (Å²) in [5.74, 6) is -0.464. The summed E-state index contributed by atoms with van der Waals surface area (Å²) >= 11 is 0. The third kappa shape index (κ3) is 1.80. The molecule has 0 aliphatic carbocycles. The maximum absolute atomic E-state index is 11.4. The lowest BCUT2D eigenvalue weighted by Gasteiger charge is -2.23. The van der Waals surface area contributed by atoms with Gasteiger partial charge in [-0.1, -0.05) is 6.07 Å². The second-order valence-electron chi connectivity index (χ2n) is 4.99. The maximum atomic E-state index is 11.4. The molecule has 2 heterocycles. The minimum absolute atomic E-state index is 0.228. The summed E-state index contributed by atoms with van der Waals surface area (Å²) in [5.41, 5.74) is 12.9. The van der Waals surface area contributed by atoms with Gasteiger partial charge < -0.3 is 21.5 Å². The topological polar surface area (TPSA) is 90.4 Å². The highest BCUT2D eigenvalue weighted by Crippen LogP contribution is 2.37. The van der Waals surface area contributed by atoms with Crippen molar-refractivity contribution in [1.82, 2.24) is 0 Å². The van der Waals surface area contributed by atoms with E-state index in [1.165, 1.54) is 0 Å². The van der Waals surface area contributed by atoms with Crippen LogP contribution in [0.25, 0.3) is 0 Å². The summed E-state index contributed by atoms with van der Waals surface area (Å²) in [7, 11) is 0. The predicted octanol–water partition coefficient (Wildman–Crippen LogP) is 1.10. The fraction of sp³-hybridized carbons (Fsp3) is 0.462. The summed E-state index contributed by atoms with van der Waals surface area (Å²) < 4.78 is 5.78. The molecule has 2 aliphatic heterocycles. The van der Waals surface area contributed by atoms with E-state index in [4.69, 9.17) is 16.2 Å². The first kappa shape index (κ1) is 11.3. The molecule has 0 aromatic heterocycles. The Morgan fingerprint density at radius 2 is 2.22 bits per heavy atom. The summed E-state index contributed by atoms with van der Waals surface area (Å²) in [6.07, 6.45) is 3.76. The van der Waals surface area contributed by atoms with Crippen molar-refractivity contribution >= 4 is 17.3 Å². The molecule has 2 aliphatic rings. The van der Waals surface area contributed by atoms with Crippen LogP contribution >= 0.6 is 0 Å². The highest BCUT2D eigenvalue weighted by molar-refractivity contribution is 6.01. The fourth-order valence-corrected chi connectivity index (χ4v) is 2.91. The van der Waals surface area contributed by atoms with Crippen LogP contribution in [0.5, 0.6) is 0 Å². The highest BCUT2D eigenvalue weighted by Gasteiger charge is 2.41. The van der Waals surface area contributed by atoms with Gasteiger partial charge in [0.2, 0.25) is 0 Å². The molecule has 2 bridgehead atoms. The van der Waals surface area contributed by atoms with Crippen molar-refractivity contribution < 1.29 is 9.53 Å². The first-order chi connectivity index (χ1) is 8.65. The van der Waals surface area contributed by atoms with Gasteiger partial charge in [-0.25, -0.2) is 0 Å². The van der Waals surface area contributed by atoms with E-state index in [0.717, 1.165) is 19.3 Å². The average Bonchev–Trinajstić information content (AvgIpc) is 2.93. The number of carbonyl (C=O) groups is 1. The van der Waals surface area contributed by atoms with Gasteiger partial charge in [0.1, 0.15) is 0 Å². The molecular formula is C13H17N3O2. The Bertz CT molecular complexity index is 489. The molecule has 18 heavy (non-hydrogen) atoms. The van der Waals surface area contributed by atoms with Crippen molar-refractivity contribution in [2.45, 2.75) is 37.5 Å². The number of nitrogens with one attached hydrogen (secondary N) is 1. The minimum atomic E-state index is -0.464. The van der Waals surface area contributed by atoms with Gasteiger partial charge >= 0.3 is 0 Å². The SMILES string of the molecule is NC(=O)c1cccc(N)c1NC1CC2CCC1O2. The summed E-state index contributed by atoms with van der Waals surface area (Å²) in [6, 6.07) is 5.42. The zero-order valence-electron chi connectivity index (χ0n) is 10.1. The van der Waals surface area contributed by atoms with E-state index >= 15 is 0 Å². The van der Waals surface area contributed by atoms with E-state index in [1.54, 1.807) is 18.2 Å². The third-order valence-electron chi connectivity index (χ3n) is 3.80. The first-order valence-electron chi connectivity index (χ1n) is 6.25. The Labute approximate surface area is 105 Å². The van der Waals surface area contributed by atoms with Crippen molar-refractivity contribution in [3.8, 4) is 0 Å². The van der Waals surface area contributed by atoms with Gasteiger partial charge in [0.15, 0.2) is 0 Å². The lowest BCUT2D eigenvalue weighted by atomic mass is 9.95. The van der Waals surface area contributed by atoms with Gasteiger partial charge in [0.05, 0.1) is 35.2 Å². The quantitative estimate of drug-likeness (QED) is 0.698. The molecule has 5 N–H and O–H groups in total. The van der Waals surface area contributed by atoms with E-state index in [-0.39, 0.29) is 12.1 Å². The lowest BCUT2D eigenvalue weighted by Crippen LogP contribution is -2.32. The number of fused-ring (bicyclic) bond motifs is 2. The lowest BCUT2D eigenvalue weighted by molar-refractivity contribution is 0.0997. The smallest absolute Gasteiger partial charge is 0.250 e. The molecule has 3 atom stereocenters. The third-order valence-corrected chi connectivity index (χ3v) is 3.80. The Balaban J connectivity index is 1.86. The molecular weight excluding hydrogens is 230 g/mol. The number of benzene rings is 1. The second-order valence-corrected chi connectivity index (χ2v) is 4.99. The van der Waals surface area contributed by atoms with Gasteiger partial charge in [-0.05, 0) is 31.4 Å². The van der Waals surface area contributed by atoms with E-state index in [1.807, 2.05) is 0 Å². The number of para-hydroxylation sites is 1. The molecule has 96 valence electrons. The monoisotopic (exact) mass is 247 g/mol. The van der Waals surface area contributed by atoms with Crippen molar-refractivity contribution in [2.75, 3.05) is 11.1 Å². The number of anilines is 2. The molecule has 0 radical (unpaired) electrons. The number of primary amides is 1. The van der Waals surface area contributed by atoms with Crippen LogP contribution in [0.2, 0.25) is 0 Å². The number of nitrogens with two attached hydrogens (primary N) is 2. The molecule has 5 heteroatoms. The van der Waals surface area contributed by atoms with Crippen LogP contribution in [-0.4, -0.2) is 24.2 Å². The molecule has 0 spiro atoms. The highest BCUT2D eigenvalue weighted by atomic mass is 16.5. The van der Waals surface area contributed by atoms with E-state index in [9.17, 15) is 4.79 Å². The normalized spacial score (nSPS) is 29.4. The summed E-state index contributed by atoms with van der Waals surface area (Å²) in [5, 5.41) is 3.34. The number of hydrogen-bond acceptors (Lipinski definition) is 4. The fourth-order valence-electron chi connectivity index (χ4n) is 2.91. The van der Waals surface area contributed by atoms with Crippen molar-refractivity contribution in [2.24, 2.45) is 5.73 Å². The second kappa shape index (κ2) is 4.17. The number of amides is 1. The van der Waals surface area contributed by atoms with E-state index in [0.29, 0.717) is 23.0 Å². The Morgan fingerprint density at radius 1 is 1.39 bits per heavy atom. The summed E-state index contributed by atoms with van der Waals surface area (Å²) in [4.78, 5) is 11.4.